The Balaban J connectivity index is 1.36. The number of ketones is 1. The second-order valence-corrected chi connectivity index (χ2v) is 11.6. The molecule has 0 spiro atoms. The van der Waals surface area contributed by atoms with Gasteiger partial charge in [-0.15, -0.1) is 10.2 Å². The third-order valence-electron chi connectivity index (χ3n) is 6.48. The molecule has 1 atom stereocenters. The summed E-state index contributed by atoms with van der Waals surface area (Å²) in [5.41, 5.74) is 9.59. The van der Waals surface area contributed by atoms with Gasteiger partial charge in [0.1, 0.15) is 11.6 Å². The third-order valence-corrected chi connectivity index (χ3v) is 8.77. The van der Waals surface area contributed by atoms with E-state index in [2.05, 4.69) is 21.6 Å². The zero-order valence-corrected chi connectivity index (χ0v) is 23.9. The molecule has 1 aliphatic heterocycles. The quantitative estimate of drug-likeness (QED) is 0.319. The predicted molar refractivity (Wildman–Crippen MR) is 156 cm³/mol. The standard InChI is InChI=1S/C28H25ClN6O3S2/c1-2-38-19-12-10-18(11-13-19)32-23(37)15-39-28-34-33-27(40-28)35-21-4-3-5-22(36)25(21)24(20(14-30)26(35)31)16-6-8-17(29)9-7-16/h6-13,24H,2-5,15,31H2,1H3,(H,32,37). The maximum Gasteiger partial charge on any atom is 0.234 e. The lowest BCUT2D eigenvalue weighted by molar-refractivity contribution is -0.116. The Kier molecular flexibility index (Phi) is 8.40. The van der Waals surface area contributed by atoms with Crippen LogP contribution in [0.5, 0.6) is 5.75 Å². The molecular formula is C28H25ClN6O3S2. The number of nitrogens with two attached hydrogens (primary N) is 1. The molecule has 9 nitrogen and oxygen atoms in total. The van der Waals surface area contributed by atoms with Crippen LogP contribution in [0.25, 0.3) is 0 Å². The first kappa shape index (κ1) is 27.7. The summed E-state index contributed by atoms with van der Waals surface area (Å²) in [6.07, 6.45) is 1.68. The summed E-state index contributed by atoms with van der Waals surface area (Å²) in [4.78, 5) is 27.4. The van der Waals surface area contributed by atoms with Crippen molar-refractivity contribution in [2.75, 3.05) is 22.6 Å². The smallest absolute Gasteiger partial charge is 0.234 e. The maximum atomic E-state index is 13.2. The van der Waals surface area contributed by atoms with E-state index in [0.29, 0.717) is 51.6 Å². The molecule has 1 unspecified atom stereocenters. The van der Waals surface area contributed by atoms with Gasteiger partial charge in [-0.3, -0.25) is 14.5 Å². The maximum absolute atomic E-state index is 13.2. The number of amides is 1. The molecule has 40 heavy (non-hydrogen) atoms. The van der Waals surface area contributed by atoms with Crippen LogP contribution in [0.2, 0.25) is 5.02 Å². The van der Waals surface area contributed by atoms with Gasteiger partial charge in [0.25, 0.3) is 0 Å². The molecule has 0 bridgehead atoms. The first-order valence-corrected chi connectivity index (χ1v) is 14.8. The number of Topliss-reactive ketones (excluding diaryl/α,β-unsaturated/α-hetero) is 1. The van der Waals surface area contributed by atoms with Crippen molar-refractivity contribution < 1.29 is 14.3 Å². The van der Waals surface area contributed by atoms with Crippen molar-refractivity contribution in [1.29, 1.82) is 5.26 Å². The number of nitriles is 1. The molecule has 3 N–H and O–H groups in total. The SMILES string of the molecule is CCOc1ccc(NC(=O)CSc2nnc(N3C(N)=C(C#N)C(c4ccc(Cl)cc4)C4=C3CCCC4=O)s2)cc1. The minimum absolute atomic E-state index is 0.0171. The van der Waals surface area contributed by atoms with Crippen LogP contribution in [-0.4, -0.2) is 34.2 Å². The molecule has 0 radical (unpaired) electrons. The Hall–Kier alpha value is -3.85. The van der Waals surface area contributed by atoms with Gasteiger partial charge < -0.3 is 15.8 Å². The first-order chi connectivity index (χ1) is 19.4. The summed E-state index contributed by atoms with van der Waals surface area (Å²) in [5.74, 6) is 0.299. The molecule has 2 aromatic carbocycles. The molecule has 2 aliphatic rings. The summed E-state index contributed by atoms with van der Waals surface area (Å²) >= 11 is 8.58. The van der Waals surface area contributed by atoms with Crippen LogP contribution in [0.1, 0.15) is 37.7 Å². The van der Waals surface area contributed by atoms with Gasteiger partial charge >= 0.3 is 0 Å². The van der Waals surface area contributed by atoms with Crippen molar-refractivity contribution in [1.82, 2.24) is 10.2 Å². The van der Waals surface area contributed by atoms with Crippen molar-refractivity contribution >= 4 is 57.2 Å². The number of nitrogens with one attached hydrogen (secondary N) is 1. The van der Waals surface area contributed by atoms with E-state index in [4.69, 9.17) is 22.1 Å². The number of benzene rings is 2. The number of anilines is 2. The van der Waals surface area contributed by atoms with E-state index in [-0.39, 0.29) is 28.8 Å². The Morgan fingerprint density at radius 2 is 1.98 bits per heavy atom. The second kappa shape index (κ2) is 12.1. The highest BCUT2D eigenvalue weighted by molar-refractivity contribution is 8.01. The molecule has 0 saturated heterocycles. The van der Waals surface area contributed by atoms with Gasteiger partial charge in [-0.25, -0.2) is 0 Å². The Morgan fingerprint density at radius 3 is 2.67 bits per heavy atom. The predicted octanol–water partition coefficient (Wildman–Crippen LogP) is 5.63. The number of hydrogen-bond acceptors (Lipinski definition) is 10. The van der Waals surface area contributed by atoms with E-state index in [0.717, 1.165) is 17.0 Å². The van der Waals surface area contributed by atoms with Crippen LogP contribution in [-0.2, 0) is 9.59 Å². The number of aromatic nitrogens is 2. The number of carbonyl (C=O) groups is 2. The zero-order valence-electron chi connectivity index (χ0n) is 21.5. The average Bonchev–Trinajstić information content (AvgIpc) is 3.42. The number of hydrogen-bond donors (Lipinski definition) is 2. The van der Waals surface area contributed by atoms with Gasteiger partial charge in [0.05, 0.1) is 29.9 Å². The molecule has 204 valence electrons. The molecule has 1 aromatic heterocycles. The van der Waals surface area contributed by atoms with Gasteiger partial charge in [-0.2, -0.15) is 5.26 Å². The highest BCUT2D eigenvalue weighted by Crippen LogP contribution is 2.47. The molecule has 1 amide bonds. The van der Waals surface area contributed by atoms with Crippen LogP contribution < -0.4 is 20.7 Å². The summed E-state index contributed by atoms with van der Waals surface area (Å²) in [6.45, 7) is 2.48. The topological polar surface area (TPSA) is 134 Å². The van der Waals surface area contributed by atoms with Gasteiger partial charge in [-0.05, 0) is 61.7 Å². The molecule has 12 heteroatoms. The van der Waals surface area contributed by atoms with Crippen LogP contribution >= 0.6 is 34.7 Å². The number of thioether (sulfide) groups is 1. The monoisotopic (exact) mass is 592 g/mol. The normalized spacial score (nSPS) is 17.0. The van der Waals surface area contributed by atoms with Crippen molar-refractivity contribution in [2.45, 2.75) is 36.4 Å². The van der Waals surface area contributed by atoms with Crippen LogP contribution in [0.4, 0.5) is 10.8 Å². The molecular weight excluding hydrogens is 568 g/mol. The number of nitrogens with zero attached hydrogens (tertiary/aromatic N) is 4. The largest absolute Gasteiger partial charge is 0.494 e. The highest BCUT2D eigenvalue weighted by Gasteiger charge is 2.41. The lowest BCUT2D eigenvalue weighted by Gasteiger charge is -2.38. The number of halogens is 1. The summed E-state index contributed by atoms with van der Waals surface area (Å²) in [7, 11) is 0. The van der Waals surface area contributed by atoms with E-state index in [1.54, 1.807) is 41.3 Å². The number of allylic oxidation sites excluding steroid dienone is 3. The van der Waals surface area contributed by atoms with E-state index in [9.17, 15) is 14.9 Å². The molecule has 5 rings (SSSR count). The Morgan fingerprint density at radius 1 is 1.23 bits per heavy atom. The van der Waals surface area contributed by atoms with Crippen LogP contribution in [0, 0.1) is 11.3 Å². The van der Waals surface area contributed by atoms with Crippen molar-refractivity contribution in [3.8, 4) is 11.8 Å². The minimum Gasteiger partial charge on any atom is -0.494 e. The van der Waals surface area contributed by atoms with Crippen molar-refractivity contribution in [2.24, 2.45) is 5.73 Å². The molecule has 3 aromatic rings. The fraction of sp³-hybridized carbons (Fsp3) is 0.250. The van der Waals surface area contributed by atoms with Gasteiger partial charge in [0, 0.05) is 28.4 Å². The van der Waals surface area contributed by atoms with Crippen molar-refractivity contribution in [3.63, 3.8) is 0 Å². The number of ether oxygens (including phenoxy) is 1. The summed E-state index contributed by atoms with van der Waals surface area (Å²) in [6, 6.07) is 16.5. The molecule has 0 fully saturated rings. The third kappa shape index (κ3) is 5.70. The Labute approximate surface area is 244 Å². The van der Waals surface area contributed by atoms with Gasteiger partial charge in [0.15, 0.2) is 10.1 Å². The second-order valence-electron chi connectivity index (χ2n) is 9.01. The fourth-order valence-corrected chi connectivity index (χ4v) is 6.58. The lowest BCUT2D eigenvalue weighted by atomic mass is 9.76. The fourth-order valence-electron chi connectivity index (χ4n) is 4.77. The highest BCUT2D eigenvalue weighted by atomic mass is 35.5. The molecule has 2 heterocycles. The van der Waals surface area contributed by atoms with Gasteiger partial charge in [-0.1, -0.05) is 46.8 Å². The minimum atomic E-state index is -0.575. The number of carbonyl (C=O) groups excluding carboxylic acids is 2. The number of rotatable bonds is 8. The van der Waals surface area contributed by atoms with Gasteiger partial charge in [0.2, 0.25) is 11.0 Å². The van der Waals surface area contributed by atoms with E-state index >= 15 is 0 Å². The van der Waals surface area contributed by atoms with E-state index < -0.39 is 5.92 Å². The first-order valence-electron chi connectivity index (χ1n) is 12.6. The van der Waals surface area contributed by atoms with Crippen LogP contribution in [0.3, 0.4) is 0 Å². The molecule has 1 aliphatic carbocycles. The lowest BCUT2D eigenvalue weighted by Crippen LogP contribution is -2.38. The Bertz CT molecular complexity index is 1540. The van der Waals surface area contributed by atoms with Crippen LogP contribution in [0.15, 0.2) is 75.5 Å². The zero-order chi connectivity index (χ0) is 28.2. The van der Waals surface area contributed by atoms with E-state index in [1.165, 1.54) is 23.1 Å². The summed E-state index contributed by atoms with van der Waals surface area (Å²) < 4.78 is 5.99. The van der Waals surface area contributed by atoms with Crippen molar-refractivity contribution in [3.05, 3.63) is 81.8 Å². The molecule has 0 saturated carbocycles. The summed E-state index contributed by atoms with van der Waals surface area (Å²) in [5, 5.41) is 22.6. The average molecular weight is 593 g/mol. The van der Waals surface area contributed by atoms with E-state index in [1.807, 2.05) is 19.1 Å².